The largest absolute Gasteiger partial charge is 0.327 e. The van der Waals surface area contributed by atoms with Gasteiger partial charge in [-0.05, 0) is 25.0 Å². The Morgan fingerprint density at radius 2 is 1.88 bits per heavy atom. The fraction of sp³-hybridized carbons (Fsp3) is 0.462. The predicted octanol–water partition coefficient (Wildman–Crippen LogP) is 2.14. The second-order valence-corrected chi connectivity index (χ2v) is 4.41. The lowest BCUT2D eigenvalue weighted by atomic mass is 9.84. The highest BCUT2D eigenvalue weighted by Gasteiger charge is 2.28. The van der Waals surface area contributed by atoms with E-state index in [4.69, 9.17) is 5.73 Å². The van der Waals surface area contributed by atoms with E-state index >= 15 is 0 Å². The van der Waals surface area contributed by atoms with Gasteiger partial charge in [0.05, 0.1) is 5.92 Å². The molecule has 16 heavy (non-hydrogen) atoms. The maximum absolute atomic E-state index is 12.0. The summed E-state index contributed by atoms with van der Waals surface area (Å²) in [7, 11) is 0. The van der Waals surface area contributed by atoms with Gasteiger partial charge in [-0.1, -0.05) is 31.0 Å². The van der Waals surface area contributed by atoms with Crippen LogP contribution in [0.3, 0.4) is 0 Å². The Kier molecular flexibility index (Phi) is 3.57. The molecule has 1 aliphatic carbocycles. The van der Waals surface area contributed by atoms with Gasteiger partial charge in [0.15, 0.2) is 0 Å². The molecule has 3 heteroatoms. The lowest BCUT2D eigenvalue weighted by Crippen LogP contribution is -2.40. The number of anilines is 1. The van der Waals surface area contributed by atoms with Gasteiger partial charge in [0, 0.05) is 11.7 Å². The number of hydrogen-bond donors (Lipinski definition) is 2. The van der Waals surface area contributed by atoms with Gasteiger partial charge in [0.25, 0.3) is 0 Å². The first-order chi connectivity index (χ1) is 7.77. The molecule has 86 valence electrons. The third kappa shape index (κ3) is 2.61. The van der Waals surface area contributed by atoms with Crippen LogP contribution in [0.25, 0.3) is 0 Å². The van der Waals surface area contributed by atoms with Gasteiger partial charge in [-0.15, -0.1) is 0 Å². The quantitative estimate of drug-likeness (QED) is 0.799. The Hall–Kier alpha value is -1.35. The van der Waals surface area contributed by atoms with E-state index in [2.05, 4.69) is 5.32 Å². The zero-order valence-electron chi connectivity index (χ0n) is 9.36. The molecule has 3 N–H and O–H groups in total. The number of rotatable bonds is 2. The van der Waals surface area contributed by atoms with Gasteiger partial charge in [-0.2, -0.15) is 0 Å². The normalized spacial score (nSPS) is 25.1. The first-order valence-electron chi connectivity index (χ1n) is 5.89. The molecule has 1 aromatic carbocycles. The van der Waals surface area contributed by atoms with Crippen molar-refractivity contribution < 1.29 is 4.79 Å². The number of para-hydroxylation sites is 1. The summed E-state index contributed by atoms with van der Waals surface area (Å²) in [5, 5.41) is 2.92. The number of benzene rings is 1. The molecule has 0 saturated heterocycles. The van der Waals surface area contributed by atoms with Crippen LogP contribution in [-0.2, 0) is 4.79 Å². The molecule has 2 unspecified atom stereocenters. The first-order valence-corrected chi connectivity index (χ1v) is 5.89. The summed E-state index contributed by atoms with van der Waals surface area (Å²) in [6.45, 7) is 0. The van der Waals surface area contributed by atoms with Crippen LogP contribution < -0.4 is 11.1 Å². The van der Waals surface area contributed by atoms with Gasteiger partial charge in [-0.3, -0.25) is 4.79 Å². The van der Waals surface area contributed by atoms with E-state index in [1.807, 2.05) is 30.3 Å². The lowest BCUT2D eigenvalue weighted by molar-refractivity contribution is -0.121. The molecule has 3 nitrogen and oxygen atoms in total. The highest BCUT2D eigenvalue weighted by Crippen LogP contribution is 2.24. The third-order valence-electron chi connectivity index (χ3n) is 3.20. The molecular formula is C13H18N2O. The van der Waals surface area contributed by atoms with Gasteiger partial charge < -0.3 is 11.1 Å². The summed E-state index contributed by atoms with van der Waals surface area (Å²) >= 11 is 0. The molecule has 0 bridgehead atoms. The summed E-state index contributed by atoms with van der Waals surface area (Å²) in [6.07, 6.45) is 4.14. The van der Waals surface area contributed by atoms with Crippen LogP contribution in [0.1, 0.15) is 25.7 Å². The Labute approximate surface area is 96.0 Å². The standard InChI is InChI=1S/C13H18N2O/c14-12-9-5-4-8-11(12)13(16)15-10-6-2-1-3-7-10/h1-3,6-7,11-12H,4-5,8-9,14H2,(H,15,16). The van der Waals surface area contributed by atoms with Crippen LogP contribution >= 0.6 is 0 Å². The summed E-state index contributed by atoms with van der Waals surface area (Å²) in [4.78, 5) is 12.0. The van der Waals surface area contributed by atoms with Crippen molar-refractivity contribution in [3.8, 4) is 0 Å². The number of carbonyl (C=O) groups is 1. The van der Waals surface area contributed by atoms with Crippen LogP contribution in [0, 0.1) is 5.92 Å². The number of nitrogens with one attached hydrogen (secondary N) is 1. The number of amides is 1. The minimum atomic E-state index is -0.0195. The zero-order chi connectivity index (χ0) is 11.4. The van der Waals surface area contributed by atoms with Crippen molar-refractivity contribution in [1.82, 2.24) is 0 Å². The Morgan fingerprint density at radius 3 is 2.56 bits per heavy atom. The van der Waals surface area contributed by atoms with E-state index in [9.17, 15) is 4.79 Å². The first kappa shape index (κ1) is 11.1. The van der Waals surface area contributed by atoms with Gasteiger partial charge in [-0.25, -0.2) is 0 Å². The van der Waals surface area contributed by atoms with Crippen molar-refractivity contribution in [2.45, 2.75) is 31.7 Å². The molecule has 1 aliphatic rings. The third-order valence-corrected chi connectivity index (χ3v) is 3.20. The van der Waals surface area contributed by atoms with Gasteiger partial charge in [0.2, 0.25) is 5.91 Å². The van der Waals surface area contributed by atoms with Crippen LogP contribution in [0.2, 0.25) is 0 Å². The molecule has 2 rings (SSSR count). The molecule has 0 spiro atoms. The molecular weight excluding hydrogens is 200 g/mol. The highest BCUT2D eigenvalue weighted by molar-refractivity contribution is 5.93. The number of carbonyl (C=O) groups excluding carboxylic acids is 1. The Balaban J connectivity index is 1.97. The second kappa shape index (κ2) is 5.12. The van der Waals surface area contributed by atoms with Gasteiger partial charge >= 0.3 is 0 Å². The van der Waals surface area contributed by atoms with E-state index in [0.29, 0.717) is 0 Å². The summed E-state index contributed by atoms with van der Waals surface area (Å²) in [6, 6.07) is 9.57. The van der Waals surface area contributed by atoms with Crippen LogP contribution in [0.4, 0.5) is 5.69 Å². The van der Waals surface area contributed by atoms with E-state index in [1.54, 1.807) is 0 Å². The van der Waals surface area contributed by atoms with Gasteiger partial charge in [0.1, 0.15) is 0 Å². The molecule has 1 saturated carbocycles. The van der Waals surface area contributed by atoms with Crippen molar-refractivity contribution in [3.05, 3.63) is 30.3 Å². The number of nitrogens with two attached hydrogens (primary N) is 1. The SMILES string of the molecule is NC1CCCCC1C(=O)Nc1ccccc1. The molecule has 0 heterocycles. The minimum Gasteiger partial charge on any atom is -0.327 e. The van der Waals surface area contributed by atoms with Crippen LogP contribution in [0.15, 0.2) is 30.3 Å². The Bertz CT molecular complexity index is 350. The van der Waals surface area contributed by atoms with E-state index in [0.717, 1.165) is 31.4 Å². The maximum Gasteiger partial charge on any atom is 0.229 e. The number of hydrogen-bond acceptors (Lipinski definition) is 2. The fourth-order valence-electron chi connectivity index (χ4n) is 2.24. The summed E-state index contributed by atoms with van der Waals surface area (Å²) in [5.41, 5.74) is 6.82. The van der Waals surface area contributed by atoms with E-state index in [1.165, 1.54) is 0 Å². The average molecular weight is 218 g/mol. The average Bonchev–Trinajstić information content (AvgIpc) is 2.31. The smallest absolute Gasteiger partial charge is 0.229 e. The predicted molar refractivity (Wildman–Crippen MR) is 65.0 cm³/mol. The molecule has 0 aromatic heterocycles. The fourth-order valence-corrected chi connectivity index (χ4v) is 2.24. The molecule has 2 atom stereocenters. The Morgan fingerprint density at radius 1 is 1.19 bits per heavy atom. The summed E-state index contributed by atoms with van der Waals surface area (Å²) in [5.74, 6) is 0.0485. The highest BCUT2D eigenvalue weighted by atomic mass is 16.1. The van der Waals surface area contributed by atoms with Crippen molar-refractivity contribution in [3.63, 3.8) is 0 Å². The monoisotopic (exact) mass is 218 g/mol. The molecule has 1 fully saturated rings. The zero-order valence-corrected chi connectivity index (χ0v) is 9.36. The van der Waals surface area contributed by atoms with Crippen molar-refractivity contribution >= 4 is 11.6 Å². The summed E-state index contributed by atoms with van der Waals surface area (Å²) < 4.78 is 0. The lowest BCUT2D eigenvalue weighted by Gasteiger charge is -2.27. The van der Waals surface area contributed by atoms with Crippen molar-refractivity contribution in [2.75, 3.05) is 5.32 Å². The van der Waals surface area contributed by atoms with E-state index < -0.39 is 0 Å². The molecule has 0 aliphatic heterocycles. The molecule has 0 radical (unpaired) electrons. The maximum atomic E-state index is 12.0. The van der Waals surface area contributed by atoms with Crippen LogP contribution in [-0.4, -0.2) is 11.9 Å². The second-order valence-electron chi connectivity index (χ2n) is 4.41. The van der Waals surface area contributed by atoms with Crippen molar-refractivity contribution in [2.24, 2.45) is 11.7 Å². The van der Waals surface area contributed by atoms with E-state index in [-0.39, 0.29) is 17.9 Å². The van der Waals surface area contributed by atoms with Crippen LogP contribution in [0.5, 0.6) is 0 Å². The minimum absolute atomic E-state index is 0.0195. The molecule has 1 amide bonds. The van der Waals surface area contributed by atoms with Crippen molar-refractivity contribution in [1.29, 1.82) is 0 Å². The molecule has 1 aromatic rings. The topological polar surface area (TPSA) is 55.1 Å².